The van der Waals surface area contributed by atoms with Gasteiger partial charge in [-0.25, -0.2) is 0 Å². The van der Waals surface area contributed by atoms with Crippen LogP contribution >= 0.6 is 0 Å². The van der Waals surface area contributed by atoms with Gasteiger partial charge in [0, 0.05) is 29.2 Å². The van der Waals surface area contributed by atoms with Crippen LogP contribution in [0.4, 0.5) is 5.69 Å². The van der Waals surface area contributed by atoms with E-state index >= 15 is 0 Å². The van der Waals surface area contributed by atoms with Crippen molar-refractivity contribution in [1.29, 1.82) is 0 Å². The maximum Gasteiger partial charge on any atom is 0.0664 e. The lowest BCUT2D eigenvalue weighted by molar-refractivity contribution is 0.730. The molecule has 2 heteroatoms. The summed E-state index contributed by atoms with van der Waals surface area (Å²) >= 11 is 0. The largest absolute Gasteiger partial charge is 0.361 e. The molecule has 0 fully saturated rings. The standard InChI is InChI=1S/C18H16N2/c1-12(15-10-19-17-8-4-2-6-13(15)17)16-11-20-18-9-5-3-7-14(16)18/h2-12,15,20H,1H3. The minimum absolute atomic E-state index is 0.366. The molecule has 4 rings (SSSR count). The lowest BCUT2D eigenvalue weighted by atomic mass is 9.84. The number of H-pyrrole nitrogens is 1. The van der Waals surface area contributed by atoms with E-state index in [0.717, 1.165) is 5.69 Å². The Labute approximate surface area is 118 Å². The van der Waals surface area contributed by atoms with Gasteiger partial charge >= 0.3 is 0 Å². The highest BCUT2D eigenvalue weighted by Gasteiger charge is 2.26. The molecule has 0 saturated carbocycles. The average Bonchev–Trinajstić information content (AvgIpc) is 3.11. The molecule has 2 aromatic carbocycles. The van der Waals surface area contributed by atoms with Crippen molar-refractivity contribution >= 4 is 22.8 Å². The predicted molar refractivity (Wildman–Crippen MR) is 84.0 cm³/mol. The molecule has 98 valence electrons. The second kappa shape index (κ2) is 4.34. The number of aliphatic imine (C=N–C) groups is 1. The second-order valence-corrected chi connectivity index (χ2v) is 5.44. The average molecular weight is 260 g/mol. The van der Waals surface area contributed by atoms with Gasteiger partial charge in [0.1, 0.15) is 0 Å². The molecule has 2 heterocycles. The minimum atomic E-state index is 0.366. The Morgan fingerprint density at radius 2 is 1.85 bits per heavy atom. The SMILES string of the molecule is CC(c1c[nH]c2ccccc12)C1C=Nc2ccccc21. The zero-order valence-corrected chi connectivity index (χ0v) is 11.4. The Kier molecular flexibility index (Phi) is 2.49. The van der Waals surface area contributed by atoms with E-state index in [-0.39, 0.29) is 0 Å². The molecule has 0 spiro atoms. The summed E-state index contributed by atoms with van der Waals surface area (Å²) in [5, 5.41) is 1.32. The van der Waals surface area contributed by atoms with Gasteiger partial charge in [-0.3, -0.25) is 4.99 Å². The van der Waals surface area contributed by atoms with Gasteiger partial charge in [0.25, 0.3) is 0 Å². The van der Waals surface area contributed by atoms with E-state index in [9.17, 15) is 0 Å². The first-order chi connectivity index (χ1) is 9.84. The Morgan fingerprint density at radius 1 is 1.05 bits per heavy atom. The normalized spacial score (nSPS) is 18.4. The lowest BCUT2D eigenvalue weighted by Gasteiger charge is -2.18. The molecule has 1 aromatic heterocycles. The number of hydrogen-bond donors (Lipinski definition) is 1. The van der Waals surface area contributed by atoms with Gasteiger partial charge in [0.15, 0.2) is 0 Å². The number of fused-ring (bicyclic) bond motifs is 2. The van der Waals surface area contributed by atoms with Crippen LogP contribution < -0.4 is 0 Å². The van der Waals surface area contributed by atoms with E-state index in [2.05, 4.69) is 77.8 Å². The smallest absolute Gasteiger partial charge is 0.0664 e. The summed E-state index contributed by atoms with van der Waals surface area (Å²) in [5.74, 6) is 0.781. The van der Waals surface area contributed by atoms with Gasteiger partial charge < -0.3 is 4.98 Å². The minimum Gasteiger partial charge on any atom is -0.361 e. The van der Waals surface area contributed by atoms with E-state index in [4.69, 9.17) is 0 Å². The zero-order valence-electron chi connectivity index (χ0n) is 11.4. The first-order valence-corrected chi connectivity index (χ1v) is 7.04. The molecular formula is C18H16N2. The fourth-order valence-electron chi connectivity index (χ4n) is 3.19. The third-order valence-corrected chi connectivity index (χ3v) is 4.32. The highest BCUT2D eigenvalue weighted by atomic mass is 14.8. The third-order valence-electron chi connectivity index (χ3n) is 4.32. The van der Waals surface area contributed by atoms with Gasteiger partial charge in [-0.05, 0) is 29.2 Å². The molecular weight excluding hydrogens is 244 g/mol. The van der Waals surface area contributed by atoms with Gasteiger partial charge in [-0.15, -0.1) is 0 Å². The van der Waals surface area contributed by atoms with Crippen molar-refractivity contribution in [2.75, 3.05) is 0 Å². The monoisotopic (exact) mass is 260 g/mol. The van der Waals surface area contributed by atoms with E-state index in [1.165, 1.54) is 22.0 Å². The molecule has 2 nitrogen and oxygen atoms in total. The number of nitrogens with one attached hydrogen (secondary N) is 1. The molecule has 0 saturated heterocycles. The summed E-state index contributed by atoms with van der Waals surface area (Å²) in [4.78, 5) is 7.93. The highest BCUT2D eigenvalue weighted by Crippen LogP contribution is 2.42. The molecule has 0 radical (unpaired) electrons. The van der Waals surface area contributed by atoms with Crippen molar-refractivity contribution in [3.8, 4) is 0 Å². The van der Waals surface area contributed by atoms with Gasteiger partial charge in [0.05, 0.1) is 5.69 Å². The van der Waals surface area contributed by atoms with E-state index in [1.54, 1.807) is 0 Å². The fraction of sp³-hybridized carbons (Fsp3) is 0.167. The Balaban J connectivity index is 1.79. The maximum atomic E-state index is 4.56. The number of rotatable bonds is 2. The van der Waals surface area contributed by atoms with Crippen molar-refractivity contribution < 1.29 is 0 Å². The summed E-state index contributed by atoms with van der Waals surface area (Å²) in [6, 6.07) is 16.9. The van der Waals surface area contributed by atoms with Crippen LogP contribution in [-0.4, -0.2) is 11.2 Å². The van der Waals surface area contributed by atoms with Crippen LogP contribution in [0.3, 0.4) is 0 Å². The molecule has 1 aliphatic rings. The van der Waals surface area contributed by atoms with Crippen molar-refractivity contribution in [2.24, 2.45) is 4.99 Å². The Bertz CT molecular complexity index is 798. The summed E-state index contributed by atoms with van der Waals surface area (Å²) in [7, 11) is 0. The van der Waals surface area contributed by atoms with Crippen LogP contribution in [0.25, 0.3) is 10.9 Å². The second-order valence-electron chi connectivity index (χ2n) is 5.44. The molecule has 1 aliphatic heterocycles. The van der Waals surface area contributed by atoms with Crippen LogP contribution in [-0.2, 0) is 0 Å². The van der Waals surface area contributed by atoms with Gasteiger partial charge in [-0.2, -0.15) is 0 Å². The van der Waals surface area contributed by atoms with Crippen molar-refractivity contribution in [3.63, 3.8) is 0 Å². The predicted octanol–water partition coefficient (Wildman–Crippen LogP) is 4.77. The van der Waals surface area contributed by atoms with Crippen LogP contribution in [0.1, 0.15) is 29.9 Å². The molecule has 2 unspecified atom stereocenters. The van der Waals surface area contributed by atoms with Crippen molar-refractivity contribution in [1.82, 2.24) is 4.98 Å². The lowest BCUT2D eigenvalue weighted by Crippen LogP contribution is -2.06. The first kappa shape index (κ1) is 11.5. The third kappa shape index (κ3) is 1.61. The molecule has 0 amide bonds. The number of nitrogens with zero attached hydrogens (tertiary/aromatic N) is 1. The summed E-state index contributed by atoms with van der Waals surface area (Å²) in [6.07, 6.45) is 4.24. The summed E-state index contributed by atoms with van der Waals surface area (Å²) in [5.41, 5.74) is 5.03. The van der Waals surface area contributed by atoms with E-state index in [0.29, 0.717) is 11.8 Å². The fourth-order valence-corrected chi connectivity index (χ4v) is 3.19. The zero-order chi connectivity index (χ0) is 13.5. The van der Waals surface area contributed by atoms with Gasteiger partial charge in [0.2, 0.25) is 0 Å². The van der Waals surface area contributed by atoms with Crippen LogP contribution in [0.5, 0.6) is 0 Å². The Morgan fingerprint density at radius 3 is 2.80 bits per heavy atom. The molecule has 20 heavy (non-hydrogen) atoms. The van der Waals surface area contributed by atoms with Gasteiger partial charge in [-0.1, -0.05) is 43.3 Å². The topological polar surface area (TPSA) is 28.1 Å². The van der Waals surface area contributed by atoms with Crippen molar-refractivity contribution in [2.45, 2.75) is 18.8 Å². The molecule has 3 aromatic rings. The van der Waals surface area contributed by atoms with Crippen LogP contribution in [0.15, 0.2) is 59.7 Å². The number of aromatic amines is 1. The van der Waals surface area contributed by atoms with E-state index < -0.39 is 0 Å². The molecule has 0 aliphatic carbocycles. The highest BCUT2D eigenvalue weighted by molar-refractivity contribution is 5.87. The summed E-state index contributed by atoms with van der Waals surface area (Å²) < 4.78 is 0. The summed E-state index contributed by atoms with van der Waals surface area (Å²) in [6.45, 7) is 2.29. The van der Waals surface area contributed by atoms with Crippen LogP contribution in [0.2, 0.25) is 0 Å². The molecule has 0 bridgehead atoms. The number of hydrogen-bond acceptors (Lipinski definition) is 1. The number of benzene rings is 2. The number of aromatic nitrogens is 1. The quantitative estimate of drug-likeness (QED) is 0.687. The molecule has 1 N–H and O–H groups in total. The Hall–Kier alpha value is -2.35. The first-order valence-electron chi connectivity index (χ1n) is 7.04. The number of para-hydroxylation sites is 2. The van der Waals surface area contributed by atoms with Crippen molar-refractivity contribution in [3.05, 3.63) is 65.9 Å². The van der Waals surface area contributed by atoms with Crippen LogP contribution in [0, 0.1) is 0 Å². The molecule has 2 atom stereocenters. The maximum absolute atomic E-state index is 4.56. The van der Waals surface area contributed by atoms with E-state index in [1.807, 2.05) is 0 Å².